The second-order valence-electron chi connectivity index (χ2n) is 3.37. The third kappa shape index (κ3) is 4.60. The molecule has 1 aromatic rings. The molecule has 1 atom stereocenters. The first kappa shape index (κ1) is 14.3. The number of hydrogen-bond donors (Lipinski definition) is 2. The zero-order valence-corrected chi connectivity index (χ0v) is 10.4. The number of nitrogens with one attached hydrogen (secondary N) is 1. The van der Waals surface area contributed by atoms with E-state index in [1.807, 2.05) is 0 Å². The number of hydrogen-bond acceptors (Lipinski definition) is 5. The molecule has 6 nitrogen and oxygen atoms in total. The molecule has 3 N–H and O–H groups in total. The predicted molar refractivity (Wildman–Crippen MR) is 66.3 cm³/mol. The molecule has 1 rings (SSSR count). The number of aromatic nitrogens is 1. The van der Waals surface area contributed by atoms with Crippen LogP contribution in [0.3, 0.4) is 0 Å². The highest BCUT2D eigenvalue weighted by Gasteiger charge is 2.20. The molecule has 0 aliphatic rings. The van der Waals surface area contributed by atoms with E-state index >= 15 is 0 Å². The third-order valence-electron chi connectivity index (χ3n) is 2.09. The number of nitrogens with two attached hydrogens (primary N) is 1. The van der Waals surface area contributed by atoms with Crippen LogP contribution < -0.4 is 10.5 Å². The van der Waals surface area contributed by atoms with Gasteiger partial charge in [0.1, 0.15) is 11.6 Å². The Bertz CT molecular complexity index is 561. The van der Waals surface area contributed by atoms with Crippen LogP contribution in [-0.4, -0.2) is 25.3 Å². The normalized spacial score (nSPS) is 12.2. The lowest BCUT2D eigenvalue weighted by Crippen LogP contribution is -2.40. The lowest BCUT2D eigenvalue weighted by Gasteiger charge is -2.11. The summed E-state index contributed by atoms with van der Waals surface area (Å²) in [7, 11) is -3.60. The minimum absolute atomic E-state index is 0.0514. The molecule has 0 radical (unpaired) electrons. The van der Waals surface area contributed by atoms with Gasteiger partial charge in [-0.15, -0.1) is 6.42 Å². The summed E-state index contributed by atoms with van der Waals surface area (Å²) in [5.41, 5.74) is 6.25. The molecule has 1 unspecified atom stereocenters. The number of terminal acetylenes is 1. The van der Waals surface area contributed by atoms with E-state index in [1.54, 1.807) is 0 Å². The molecule has 1 aromatic heterocycles. The van der Waals surface area contributed by atoms with Gasteiger partial charge in [0.25, 0.3) is 0 Å². The summed E-state index contributed by atoms with van der Waals surface area (Å²) < 4.78 is 30.3. The number of rotatable bonds is 6. The topological polar surface area (TPSA) is 98.2 Å². The van der Waals surface area contributed by atoms with Crippen molar-refractivity contribution in [2.24, 2.45) is 5.73 Å². The summed E-state index contributed by atoms with van der Waals surface area (Å²) in [6.07, 6.45) is 8.29. The fourth-order valence-corrected chi connectivity index (χ4v) is 2.06. The Labute approximate surface area is 106 Å². The molecule has 0 spiro atoms. The van der Waals surface area contributed by atoms with Crippen molar-refractivity contribution >= 4 is 10.0 Å². The maximum atomic E-state index is 11.7. The van der Waals surface area contributed by atoms with Crippen LogP contribution in [0.5, 0.6) is 0 Å². The van der Waals surface area contributed by atoms with E-state index in [2.05, 4.69) is 27.5 Å². The van der Waals surface area contributed by atoms with Crippen molar-refractivity contribution in [2.75, 3.05) is 6.54 Å². The number of aryl methyl sites for hydroxylation is 1. The van der Waals surface area contributed by atoms with Gasteiger partial charge in [0, 0.05) is 0 Å². The van der Waals surface area contributed by atoms with Crippen LogP contribution in [0.2, 0.25) is 0 Å². The third-order valence-corrected chi connectivity index (χ3v) is 3.67. The van der Waals surface area contributed by atoms with Gasteiger partial charge in [-0.3, -0.25) is 0 Å². The number of nitrogens with zero attached hydrogens (tertiary/aromatic N) is 1. The second-order valence-corrected chi connectivity index (χ2v) is 5.35. The number of oxazole rings is 1. The van der Waals surface area contributed by atoms with Gasteiger partial charge < -0.3 is 10.2 Å². The molecule has 0 bridgehead atoms. The first-order valence-corrected chi connectivity index (χ1v) is 6.65. The molecule has 0 aliphatic heterocycles. The molecular formula is C11H13N3O3S. The van der Waals surface area contributed by atoms with Crippen LogP contribution in [0, 0.1) is 24.2 Å². The van der Waals surface area contributed by atoms with Crippen LogP contribution in [0.4, 0.5) is 0 Å². The van der Waals surface area contributed by atoms with Crippen molar-refractivity contribution in [3.63, 3.8) is 0 Å². The van der Waals surface area contributed by atoms with E-state index < -0.39 is 15.4 Å². The zero-order chi connectivity index (χ0) is 13.4. The first-order chi connectivity index (χ1) is 8.56. The van der Waals surface area contributed by atoms with Gasteiger partial charge in [-0.1, -0.05) is 5.92 Å². The SMILES string of the molecule is C#CC#CCNS(=O)(=O)C(N)CCc1cocn1. The van der Waals surface area contributed by atoms with E-state index in [0.29, 0.717) is 12.1 Å². The second kappa shape index (κ2) is 6.82. The van der Waals surface area contributed by atoms with Crippen molar-refractivity contribution in [3.05, 3.63) is 18.4 Å². The van der Waals surface area contributed by atoms with E-state index in [9.17, 15) is 8.42 Å². The summed E-state index contributed by atoms with van der Waals surface area (Å²) in [5, 5.41) is -1.03. The molecule has 0 aromatic carbocycles. The average Bonchev–Trinajstić information content (AvgIpc) is 2.84. The van der Waals surface area contributed by atoms with Crippen LogP contribution in [0.25, 0.3) is 0 Å². The molecule has 0 saturated heterocycles. The van der Waals surface area contributed by atoms with Crippen molar-refractivity contribution in [1.82, 2.24) is 9.71 Å². The maximum Gasteiger partial charge on any atom is 0.228 e. The Morgan fingerprint density at radius 3 is 3.00 bits per heavy atom. The first-order valence-electron chi connectivity index (χ1n) is 5.11. The highest BCUT2D eigenvalue weighted by Crippen LogP contribution is 2.04. The molecule has 7 heteroatoms. The van der Waals surface area contributed by atoms with Gasteiger partial charge in [0.05, 0.1) is 12.2 Å². The zero-order valence-electron chi connectivity index (χ0n) is 9.59. The van der Waals surface area contributed by atoms with Crippen molar-refractivity contribution in [1.29, 1.82) is 0 Å². The van der Waals surface area contributed by atoms with Crippen molar-refractivity contribution in [2.45, 2.75) is 18.2 Å². The molecule has 0 amide bonds. The fourth-order valence-electron chi connectivity index (χ4n) is 1.15. The van der Waals surface area contributed by atoms with Gasteiger partial charge in [0.2, 0.25) is 10.0 Å². The van der Waals surface area contributed by atoms with Gasteiger partial charge in [-0.05, 0) is 24.7 Å². The van der Waals surface area contributed by atoms with Crippen molar-refractivity contribution in [3.8, 4) is 24.2 Å². The lowest BCUT2D eigenvalue weighted by molar-refractivity contribution is 0.552. The molecule has 0 fully saturated rings. The van der Waals surface area contributed by atoms with E-state index in [1.165, 1.54) is 12.7 Å². The van der Waals surface area contributed by atoms with Gasteiger partial charge in [0.15, 0.2) is 6.39 Å². The Balaban J connectivity index is 2.44. The van der Waals surface area contributed by atoms with E-state index in [4.69, 9.17) is 16.6 Å². The highest BCUT2D eigenvalue weighted by atomic mass is 32.2. The molecule has 1 heterocycles. The van der Waals surface area contributed by atoms with Gasteiger partial charge >= 0.3 is 0 Å². The largest absolute Gasteiger partial charge is 0.451 e. The minimum Gasteiger partial charge on any atom is -0.451 e. The molecule has 0 saturated carbocycles. The Morgan fingerprint density at radius 1 is 1.61 bits per heavy atom. The van der Waals surface area contributed by atoms with Crippen LogP contribution >= 0.6 is 0 Å². The van der Waals surface area contributed by atoms with E-state index in [-0.39, 0.29) is 13.0 Å². The summed E-state index contributed by atoms with van der Waals surface area (Å²) >= 11 is 0. The summed E-state index contributed by atoms with van der Waals surface area (Å²) in [4.78, 5) is 3.87. The molecular weight excluding hydrogens is 254 g/mol. The van der Waals surface area contributed by atoms with Crippen LogP contribution in [0.15, 0.2) is 17.1 Å². The number of sulfonamides is 1. The fraction of sp³-hybridized carbons (Fsp3) is 0.364. The summed E-state index contributed by atoms with van der Waals surface area (Å²) in [6, 6.07) is 0. The Hall–Kier alpha value is -1.80. The highest BCUT2D eigenvalue weighted by molar-refractivity contribution is 7.90. The van der Waals surface area contributed by atoms with Crippen LogP contribution in [0.1, 0.15) is 12.1 Å². The Morgan fingerprint density at radius 2 is 2.39 bits per heavy atom. The van der Waals surface area contributed by atoms with Gasteiger partial charge in [-0.2, -0.15) is 0 Å². The maximum absolute atomic E-state index is 11.7. The summed E-state index contributed by atoms with van der Waals surface area (Å²) in [5.74, 6) is 6.84. The quantitative estimate of drug-likeness (QED) is 0.674. The minimum atomic E-state index is -3.60. The summed E-state index contributed by atoms with van der Waals surface area (Å²) in [6.45, 7) is -0.0514. The Kier molecular flexibility index (Phi) is 5.40. The molecule has 18 heavy (non-hydrogen) atoms. The van der Waals surface area contributed by atoms with E-state index in [0.717, 1.165) is 0 Å². The average molecular weight is 267 g/mol. The van der Waals surface area contributed by atoms with Gasteiger partial charge in [-0.25, -0.2) is 18.1 Å². The standard InChI is InChI=1S/C11H13N3O3S/c1-2-3-4-7-14-18(15,16)11(12)6-5-10-8-17-9-13-10/h1,8-9,11,14H,5-7,12H2. The van der Waals surface area contributed by atoms with Crippen LogP contribution in [-0.2, 0) is 16.4 Å². The molecule has 96 valence electrons. The monoisotopic (exact) mass is 267 g/mol. The smallest absolute Gasteiger partial charge is 0.228 e. The van der Waals surface area contributed by atoms with Crippen molar-refractivity contribution < 1.29 is 12.8 Å². The molecule has 0 aliphatic carbocycles. The lowest BCUT2D eigenvalue weighted by atomic mass is 10.2. The predicted octanol–water partition coefficient (Wildman–Crippen LogP) is -0.552.